The molecule has 0 aliphatic rings. The highest BCUT2D eigenvalue weighted by molar-refractivity contribution is 7.99. The van der Waals surface area contributed by atoms with Gasteiger partial charge in [-0.2, -0.15) is 0 Å². The molecule has 1 amide bonds. The summed E-state index contributed by atoms with van der Waals surface area (Å²) in [7, 11) is 0. The maximum atomic E-state index is 12.1. The van der Waals surface area contributed by atoms with E-state index in [0.717, 1.165) is 28.6 Å². The fraction of sp³-hybridized carbons (Fsp3) is 0.167. The van der Waals surface area contributed by atoms with E-state index in [1.807, 2.05) is 32.0 Å². The molecule has 0 saturated heterocycles. The van der Waals surface area contributed by atoms with E-state index in [9.17, 15) is 9.90 Å². The Morgan fingerprint density at radius 3 is 2.80 bits per heavy atom. The number of rotatable bonds is 5. The van der Waals surface area contributed by atoms with Crippen molar-refractivity contribution in [2.75, 3.05) is 11.1 Å². The number of hydrogen-bond acceptors (Lipinski definition) is 6. The van der Waals surface area contributed by atoms with Gasteiger partial charge in [0.05, 0.1) is 5.75 Å². The first-order valence-corrected chi connectivity index (χ1v) is 8.63. The summed E-state index contributed by atoms with van der Waals surface area (Å²) >= 11 is 1.16. The SMILES string of the molecule is Cc1cccc(NC(=O)CSc2nnc(-c3cccc(O)c3)o2)c1C. The Morgan fingerprint density at radius 1 is 1.20 bits per heavy atom. The Morgan fingerprint density at radius 2 is 2.00 bits per heavy atom. The maximum Gasteiger partial charge on any atom is 0.277 e. The lowest BCUT2D eigenvalue weighted by atomic mass is 10.1. The van der Waals surface area contributed by atoms with Crippen molar-refractivity contribution in [3.63, 3.8) is 0 Å². The van der Waals surface area contributed by atoms with Crippen LogP contribution in [0.4, 0.5) is 5.69 Å². The molecule has 0 atom stereocenters. The van der Waals surface area contributed by atoms with Gasteiger partial charge in [0.1, 0.15) is 5.75 Å². The van der Waals surface area contributed by atoms with E-state index in [0.29, 0.717) is 16.7 Å². The normalized spacial score (nSPS) is 10.6. The predicted molar refractivity (Wildman–Crippen MR) is 96.7 cm³/mol. The van der Waals surface area contributed by atoms with Gasteiger partial charge in [-0.05, 0) is 49.2 Å². The van der Waals surface area contributed by atoms with Gasteiger partial charge in [-0.1, -0.05) is 30.0 Å². The van der Waals surface area contributed by atoms with Gasteiger partial charge >= 0.3 is 0 Å². The number of carbonyl (C=O) groups excluding carboxylic acids is 1. The highest BCUT2D eigenvalue weighted by atomic mass is 32.2. The summed E-state index contributed by atoms with van der Waals surface area (Å²) in [5.41, 5.74) is 3.60. The van der Waals surface area contributed by atoms with Crippen molar-refractivity contribution in [2.45, 2.75) is 19.1 Å². The van der Waals surface area contributed by atoms with Crippen molar-refractivity contribution in [1.82, 2.24) is 10.2 Å². The Bertz CT molecular complexity index is 908. The third kappa shape index (κ3) is 4.19. The lowest BCUT2D eigenvalue weighted by Crippen LogP contribution is -2.15. The first kappa shape index (κ1) is 17.0. The summed E-state index contributed by atoms with van der Waals surface area (Å²) in [5, 5.41) is 20.5. The van der Waals surface area contributed by atoms with Gasteiger partial charge in [0.25, 0.3) is 5.22 Å². The van der Waals surface area contributed by atoms with Gasteiger partial charge in [-0.25, -0.2) is 0 Å². The monoisotopic (exact) mass is 355 g/mol. The summed E-state index contributed by atoms with van der Waals surface area (Å²) in [6, 6.07) is 12.3. The van der Waals surface area contributed by atoms with Crippen LogP contribution in [0.5, 0.6) is 5.75 Å². The number of thioether (sulfide) groups is 1. The van der Waals surface area contributed by atoms with Crippen LogP contribution >= 0.6 is 11.8 Å². The zero-order valence-corrected chi connectivity index (χ0v) is 14.6. The summed E-state index contributed by atoms with van der Waals surface area (Å²) in [5.74, 6) is 0.441. The molecule has 7 heteroatoms. The number of nitrogens with zero attached hydrogens (tertiary/aromatic N) is 2. The highest BCUT2D eigenvalue weighted by Gasteiger charge is 2.12. The zero-order chi connectivity index (χ0) is 17.8. The van der Waals surface area contributed by atoms with E-state index in [-0.39, 0.29) is 17.4 Å². The number of phenolic OH excluding ortho intramolecular Hbond substituents is 1. The zero-order valence-electron chi connectivity index (χ0n) is 13.8. The topological polar surface area (TPSA) is 88.2 Å². The van der Waals surface area contributed by atoms with Crippen LogP contribution in [0.2, 0.25) is 0 Å². The average molecular weight is 355 g/mol. The average Bonchev–Trinajstić information content (AvgIpc) is 3.06. The number of amides is 1. The molecule has 2 N–H and O–H groups in total. The van der Waals surface area contributed by atoms with E-state index in [1.54, 1.807) is 18.2 Å². The first-order valence-electron chi connectivity index (χ1n) is 7.64. The van der Waals surface area contributed by atoms with Crippen LogP contribution in [0.25, 0.3) is 11.5 Å². The molecule has 2 aromatic carbocycles. The van der Waals surface area contributed by atoms with Crippen molar-refractivity contribution in [1.29, 1.82) is 0 Å². The van der Waals surface area contributed by atoms with Gasteiger partial charge in [-0.15, -0.1) is 10.2 Å². The van der Waals surface area contributed by atoms with Crippen LogP contribution < -0.4 is 5.32 Å². The molecular formula is C18H17N3O3S. The molecule has 0 spiro atoms. The van der Waals surface area contributed by atoms with Crippen LogP contribution in [0.1, 0.15) is 11.1 Å². The second kappa shape index (κ2) is 7.40. The Balaban J connectivity index is 1.60. The largest absolute Gasteiger partial charge is 0.508 e. The number of aromatic hydroxyl groups is 1. The molecule has 128 valence electrons. The fourth-order valence-electron chi connectivity index (χ4n) is 2.22. The smallest absolute Gasteiger partial charge is 0.277 e. The molecule has 25 heavy (non-hydrogen) atoms. The van der Waals surface area contributed by atoms with Crippen LogP contribution in [0.15, 0.2) is 52.1 Å². The fourth-order valence-corrected chi connectivity index (χ4v) is 2.79. The molecule has 0 aliphatic carbocycles. The lowest BCUT2D eigenvalue weighted by molar-refractivity contribution is -0.113. The van der Waals surface area contributed by atoms with E-state index < -0.39 is 0 Å². The van der Waals surface area contributed by atoms with E-state index >= 15 is 0 Å². The summed E-state index contributed by atoms with van der Waals surface area (Å²) in [6.07, 6.45) is 0. The molecule has 0 fully saturated rings. The van der Waals surface area contributed by atoms with Gasteiger partial charge in [0.2, 0.25) is 11.8 Å². The van der Waals surface area contributed by atoms with E-state index in [1.165, 1.54) is 6.07 Å². The molecule has 0 unspecified atom stereocenters. The molecular weight excluding hydrogens is 338 g/mol. The van der Waals surface area contributed by atoms with E-state index in [4.69, 9.17) is 4.42 Å². The number of hydrogen-bond donors (Lipinski definition) is 2. The van der Waals surface area contributed by atoms with Crippen LogP contribution in [0, 0.1) is 13.8 Å². The minimum Gasteiger partial charge on any atom is -0.508 e. The highest BCUT2D eigenvalue weighted by Crippen LogP contribution is 2.25. The number of phenols is 1. The molecule has 1 aromatic heterocycles. The van der Waals surface area contributed by atoms with Crippen molar-refractivity contribution in [2.24, 2.45) is 0 Å². The standard InChI is InChI=1S/C18H17N3O3S/c1-11-5-3-8-15(12(11)2)19-16(23)10-25-18-21-20-17(24-18)13-6-4-7-14(22)9-13/h3-9,22H,10H2,1-2H3,(H,19,23). The Labute approximate surface area is 149 Å². The summed E-state index contributed by atoms with van der Waals surface area (Å²) in [4.78, 5) is 12.1. The van der Waals surface area contributed by atoms with Gasteiger partial charge < -0.3 is 14.8 Å². The van der Waals surface area contributed by atoms with Crippen LogP contribution in [-0.4, -0.2) is 27.0 Å². The molecule has 0 radical (unpaired) electrons. The molecule has 0 aliphatic heterocycles. The van der Waals surface area contributed by atoms with Crippen molar-refractivity contribution in [3.05, 3.63) is 53.6 Å². The van der Waals surface area contributed by atoms with E-state index in [2.05, 4.69) is 15.5 Å². The quantitative estimate of drug-likeness (QED) is 0.677. The van der Waals surface area contributed by atoms with Gasteiger partial charge in [-0.3, -0.25) is 4.79 Å². The van der Waals surface area contributed by atoms with Gasteiger partial charge in [0, 0.05) is 11.3 Å². The summed E-state index contributed by atoms with van der Waals surface area (Å²) < 4.78 is 5.52. The predicted octanol–water partition coefficient (Wildman–Crippen LogP) is 3.79. The second-order valence-electron chi connectivity index (χ2n) is 5.51. The lowest BCUT2D eigenvalue weighted by Gasteiger charge is -2.09. The molecule has 1 heterocycles. The number of aryl methyl sites for hydroxylation is 1. The molecule has 3 aromatic rings. The minimum absolute atomic E-state index is 0.123. The number of benzene rings is 2. The van der Waals surface area contributed by atoms with Crippen molar-refractivity contribution >= 4 is 23.4 Å². The third-order valence-electron chi connectivity index (χ3n) is 3.71. The Kier molecular flexibility index (Phi) is 5.04. The number of aromatic nitrogens is 2. The molecule has 6 nitrogen and oxygen atoms in total. The minimum atomic E-state index is -0.143. The third-order valence-corrected chi connectivity index (χ3v) is 4.52. The first-order chi connectivity index (χ1) is 12.0. The van der Waals surface area contributed by atoms with Crippen molar-refractivity contribution < 1.29 is 14.3 Å². The summed E-state index contributed by atoms with van der Waals surface area (Å²) in [6.45, 7) is 3.97. The van der Waals surface area contributed by atoms with Crippen LogP contribution in [0.3, 0.4) is 0 Å². The maximum absolute atomic E-state index is 12.1. The van der Waals surface area contributed by atoms with Gasteiger partial charge in [0.15, 0.2) is 0 Å². The molecule has 3 rings (SSSR count). The molecule has 0 saturated carbocycles. The van der Waals surface area contributed by atoms with Crippen molar-refractivity contribution in [3.8, 4) is 17.2 Å². The Hall–Kier alpha value is -2.80. The number of anilines is 1. The van der Waals surface area contributed by atoms with Crippen LogP contribution in [-0.2, 0) is 4.79 Å². The number of nitrogens with one attached hydrogen (secondary N) is 1. The number of carbonyl (C=O) groups is 1. The second-order valence-corrected chi connectivity index (χ2v) is 6.43. The molecule has 0 bridgehead atoms.